The lowest BCUT2D eigenvalue weighted by atomic mass is 10.2. The summed E-state index contributed by atoms with van der Waals surface area (Å²) in [6, 6.07) is 0. The third-order valence-electron chi connectivity index (χ3n) is 3.84. The largest absolute Gasteiger partial charge is 0.318 e. The molecule has 3 aromatic heterocycles. The van der Waals surface area contributed by atoms with Crippen LogP contribution in [0.3, 0.4) is 0 Å². The molecule has 0 saturated heterocycles. The minimum atomic E-state index is -0.200. The second-order valence-corrected chi connectivity index (χ2v) is 6.58. The van der Waals surface area contributed by atoms with E-state index in [4.69, 9.17) is 0 Å². The van der Waals surface area contributed by atoms with E-state index in [0.29, 0.717) is 17.9 Å². The molecule has 1 N–H and O–H groups in total. The van der Waals surface area contributed by atoms with Gasteiger partial charge in [-0.05, 0) is 36.4 Å². The summed E-state index contributed by atoms with van der Waals surface area (Å²) in [4.78, 5) is 12.4. The highest BCUT2D eigenvalue weighted by Crippen LogP contribution is 2.15. The molecule has 3 rings (SSSR count). The summed E-state index contributed by atoms with van der Waals surface area (Å²) >= 11 is 2.09. The molecule has 8 nitrogen and oxygen atoms in total. The van der Waals surface area contributed by atoms with E-state index in [1.165, 1.54) is 0 Å². The number of rotatable bonds is 5. The molecule has 1 amide bonds. The Morgan fingerprint density at radius 2 is 2.04 bits per heavy atom. The molecule has 0 aliphatic rings. The smallest absolute Gasteiger partial charge is 0.275 e. The molecular weight excluding hydrogens is 421 g/mol. The van der Waals surface area contributed by atoms with Gasteiger partial charge in [-0.15, -0.1) is 0 Å². The predicted octanol–water partition coefficient (Wildman–Crippen LogP) is 2.05. The molecule has 0 bridgehead atoms. The van der Waals surface area contributed by atoms with Crippen molar-refractivity contribution in [2.24, 2.45) is 7.05 Å². The lowest BCUT2D eigenvalue weighted by Crippen LogP contribution is -2.17. The van der Waals surface area contributed by atoms with Crippen LogP contribution in [0.2, 0.25) is 0 Å². The zero-order valence-corrected chi connectivity index (χ0v) is 15.9. The first-order valence-corrected chi connectivity index (χ1v) is 8.60. The van der Waals surface area contributed by atoms with Crippen molar-refractivity contribution in [3.05, 3.63) is 45.3 Å². The molecule has 126 valence electrons. The van der Waals surface area contributed by atoms with E-state index in [1.807, 2.05) is 24.0 Å². The molecule has 9 heteroatoms. The van der Waals surface area contributed by atoms with Crippen molar-refractivity contribution in [2.75, 3.05) is 5.32 Å². The van der Waals surface area contributed by atoms with Crippen LogP contribution in [0.5, 0.6) is 0 Å². The molecule has 0 unspecified atom stereocenters. The lowest BCUT2D eigenvalue weighted by Gasteiger charge is -2.04. The van der Waals surface area contributed by atoms with Gasteiger partial charge in [-0.25, -0.2) is 0 Å². The van der Waals surface area contributed by atoms with Crippen molar-refractivity contribution >= 4 is 34.2 Å². The highest BCUT2D eigenvalue weighted by Gasteiger charge is 2.16. The van der Waals surface area contributed by atoms with Gasteiger partial charge in [0.2, 0.25) is 0 Å². The minimum Gasteiger partial charge on any atom is -0.318 e. The van der Waals surface area contributed by atoms with Crippen molar-refractivity contribution in [3.63, 3.8) is 0 Å². The number of nitrogens with zero attached hydrogens (tertiary/aromatic N) is 6. The van der Waals surface area contributed by atoms with E-state index in [9.17, 15) is 4.79 Å². The van der Waals surface area contributed by atoms with Crippen LogP contribution in [0.15, 0.2) is 24.8 Å². The second kappa shape index (κ2) is 6.75. The van der Waals surface area contributed by atoms with Gasteiger partial charge in [-0.2, -0.15) is 15.3 Å². The van der Waals surface area contributed by atoms with E-state index in [2.05, 4.69) is 50.1 Å². The molecule has 3 heterocycles. The minimum absolute atomic E-state index is 0.200. The maximum absolute atomic E-state index is 12.4. The van der Waals surface area contributed by atoms with Gasteiger partial charge in [0, 0.05) is 31.0 Å². The molecule has 0 spiro atoms. The summed E-state index contributed by atoms with van der Waals surface area (Å²) in [6.07, 6.45) is 6.97. The van der Waals surface area contributed by atoms with E-state index in [0.717, 1.165) is 21.4 Å². The van der Waals surface area contributed by atoms with Crippen LogP contribution in [0, 0.1) is 10.5 Å². The summed E-state index contributed by atoms with van der Waals surface area (Å²) < 4.78 is 6.10. The van der Waals surface area contributed by atoms with Crippen LogP contribution in [-0.2, 0) is 20.1 Å². The molecule has 3 aromatic rings. The summed E-state index contributed by atoms with van der Waals surface area (Å²) in [5.41, 5.74) is 3.42. The van der Waals surface area contributed by atoms with Crippen LogP contribution in [0.25, 0.3) is 0 Å². The molecule has 0 saturated carbocycles. The van der Waals surface area contributed by atoms with Crippen LogP contribution in [-0.4, -0.2) is 35.2 Å². The number of aryl methyl sites for hydroxylation is 2. The average molecular weight is 439 g/mol. The Labute approximate surface area is 153 Å². The number of anilines is 1. The standard InChI is InChI=1S/C15H18IN7O/c1-4-23-10(2)11(5-19-23)8-22-9-12(6-18-22)20-15(24)14-13(16)7-17-21(14)3/h5-7,9H,4,8H2,1-3H3,(H,20,24). The van der Waals surface area contributed by atoms with Crippen molar-refractivity contribution in [1.82, 2.24) is 29.3 Å². The van der Waals surface area contributed by atoms with Gasteiger partial charge in [0.1, 0.15) is 5.69 Å². The highest BCUT2D eigenvalue weighted by molar-refractivity contribution is 14.1. The Bertz CT molecular complexity index is 857. The lowest BCUT2D eigenvalue weighted by molar-refractivity contribution is 0.101. The summed E-state index contributed by atoms with van der Waals surface area (Å²) in [7, 11) is 1.74. The van der Waals surface area contributed by atoms with Crippen molar-refractivity contribution in [2.45, 2.75) is 26.9 Å². The number of hydrogen-bond donors (Lipinski definition) is 1. The number of halogens is 1. The summed E-state index contributed by atoms with van der Waals surface area (Å²) in [5.74, 6) is -0.200. The van der Waals surface area contributed by atoms with Gasteiger partial charge >= 0.3 is 0 Å². The molecule has 0 aromatic carbocycles. The van der Waals surface area contributed by atoms with Gasteiger partial charge < -0.3 is 5.32 Å². The van der Waals surface area contributed by atoms with Gasteiger partial charge in [-0.1, -0.05) is 0 Å². The molecule has 24 heavy (non-hydrogen) atoms. The molecule has 0 aliphatic heterocycles. The Hall–Kier alpha value is -2.17. The number of aromatic nitrogens is 6. The van der Waals surface area contributed by atoms with E-state index in [-0.39, 0.29) is 5.91 Å². The van der Waals surface area contributed by atoms with E-state index >= 15 is 0 Å². The Morgan fingerprint density at radius 3 is 2.67 bits per heavy atom. The topological polar surface area (TPSA) is 82.6 Å². The van der Waals surface area contributed by atoms with Crippen molar-refractivity contribution in [3.8, 4) is 0 Å². The normalized spacial score (nSPS) is 11.0. The maximum atomic E-state index is 12.4. The number of amides is 1. The fraction of sp³-hybridized carbons (Fsp3) is 0.333. The second-order valence-electron chi connectivity index (χ2n) is 5.42. The fourth-order valence-corrected chi connectivity index (χ4v) is 3.22. The Kier molecular flexibility index (Phi) is 4.69. The molecule has 0 aliphatic carbocycles. The molecule has 0 atom stereocenters. The summed E-state index contributed by atoms with van der Waals surface area (Å²) in [6.45, 7) is 5.56. The third kappa shape index (κ3) is 3.21. The number of carbonyl (C=O) groups is 1. The Balaban J connectivity index is 1.71. The first-order valence-electron chi connectivity index (χ1n) is 7.52. The van der Waals surface area contributed by atoms with Gasteiger partial charge in [-0.3, -0.25) is 18.8 Å². The SMILES string of the molecule is CCn1ncc(Cn2cc(NC(=O)c3c(I)cnn3C)cn2)c1C. The fourth-order valence-electron chi connectivity index (χ4n) is 2.50. The van der Waals surface area contributed by atoms with Gasteiger partial charge in [0.05, 0.1) is 34.4 Å². The Morgan fingerprint density at radius 1 is 1.25 bits per heavy atom. The van der Waals surface area contributed by atoms with Crippen LogP contribution in [0.4, 0.5) is 5.69 Å². The van der Waals surface area contributed by atoms with E-state index in [1.54, 1.807) is 28.8 Å². The third-order valence-corrected chi connectivity index (χ3v) is 4.63. The first-order chi connectivity index (χ1) is 11.5. The maximum Gasteiger partial charge on any atom is 0.275 e. The zero-order valence-electron chi connectivity index (χ0n) is 13.7. The van der Waals surface area contributed by atoms with Crippen molar-refractivity contribution in [1.29, 1.82) is 0 Å². The summed E-state index contributed by atoms with van der Waals surface area (Å²) in [5, 5.41) is 15.6. The van der Waals surface area contributed by atoms with Crippen LogP contribution < -0.4 is 5.32 Å². The monoisotopic (exact) mass is 439 g/mol. The van der Waals surface area contributed by atoms with Crippen molar-refractivity contribution < 1.29 is 4.79 Å². The van der Waals surface area contributed by atoms with Gasteiger partial charge in [0.25, 0.3) is 5.91 Å². The first kappa shape index (κ1) is 16.7. The molecular formula is C15H18IN7O. The van der Waals surface area contributed by atoms with Crippen LogP contribution in [0.1, 0.15) is 28.7 Å². The zero-order chi connectivity index (χ0) is 17.3. The van der Waals surface area contributed by atoms with Crippen LogP contribution >= 0.6 is 22.6 Å². The highest BCUT2D eigenvalue weighted by atomic mass is 127. The quantitative estimate of drug-likeness (QED) is 0.617. The average Bonchev–Trinajstić information content (AvgIpc) is 3.21. The van der Waals surface area contributed by atoms with E-state index < -0.39 is 0 Å². The van der Waals surface area contributed by atoms with Gasteiger partial charge in [0.15, 0.2) is 0 Å². The predicted molar refractivity (Wildman–Crippen MR) is 97.8 cm³/mol. The molecule has 0 radical (unpaired) electrons. The molecule has 0 fully saturated rings. The number of hydrogen-bond acceptors (Lipinski definition) is 4. The number of carbonyl (C=O) groups excluding carboxylic acids is 1. The number of nitrogens with one attached hydrogen (secondary N) is 1.